The van der Waals surface area contributed by atoms with Crippen LogP contribution in [0.15, 0.2) is 65.8 Å². The van der Waals surface area contributed by atoms with Crippen molar-refractivity contribution >= 4 is 29.4 Å². The third-order valence-electron chi connectivity index (χ3n) is 3.98. The predicted molar refractivity (Wildman–Crippen MR) is 111 cm³/mol. The second kappa shape index (κ2) is 9.92. The van der Waals surface area contributed by atoms with Gasteiger partial charge < -0.3 is 9.57 Å². The standard InChI is InChI=1S/C22H15Cl2FN2O2/c23-19-9-15(12-27-29-14-17-6-2-1-5-16(17)11-26)10-20(24)22(19)28-13-18-7-3-4-8-21(18)25/h1-10,12H,13-14H2/b27-12-. The molecule has 0 bridgehead atoms. The zero-order valence-electron chi connectivity index (χ0n) is 15.1. The Kier molecular flexibility index (Phi) is 7.07. The van der Waals surface area contributed by atoms with Gasteiger partial charge in [-0.2, -0.15) is 5.26 Å². The van der Waals surface area contributed by atoms with Crippen molar-refractivity contribution in [3.8, 4) is 11.8 Å². The molecule has 3 aromatic carbocycles. The maximum absolute atomic E-state index is 13.7. The maximum atomic E-state index is 13.7. The van der Waals surface area contributed by atoms with Gasteiger partial charge in [-0.25, -0.2) is 4.39 Å². The molecule has 0 aliphatic rings. The Morgan fingerprint density at radius 3 is 2.31 bits per heavy atom. The molecule has 0 aliphatic heterocycles. The lowest BCUT2D eigenvalue weighted by Gasteiger charge is -2.11. The van der Waals surface area contributed by atoms with Crippen molar-refractivity contribution in [1.29, 1.82) is 5.26 Å². The summed E-state index contributed by atoms with van der Waals surface area (Å²) in [6.07, 6.45) is 1.45. The molecule has 0 atom stereocenters. The van der Waals surface area contributed by atoms with Crippen LogP contribution in [-0.4, -0.2) is 6.21 Å². The highest BCUT2D eigenvalue weighted by Crippen LogP contribution is 2.34. The predicted octanol–water partition coefficient (Wildman–Crippen LogP) is 6.13. The molecule has 0 N–H and O–H groups in total. The van der Waals surface area contributed by atoms with E-state index in [2.05, 4.69) is 11.2 Å². The lowest BCUT2D eigenvalue weighted by atomic mass is 10.1. The summed E-state index contributed by atoms with van der Waals surface area (Å²) < 4.78 is 19.3. The second-order valence-electron chi connectivity index (χ2n) is 5.97. The Morgan fingerprint density at radius 1 is 0.966 bits per heavy atom. The minimum Gasteiger partial charge on any atom is -0.486 e. The molecule has 0 heterocycles. The zero-order chi connectivity index (χ0) is 20.6. The van der Waals surface area contributed by atoms with Gasteiger partial charge in [0.25, 0.3) is 0 Å². The molecule has 4 nitrogen and oxygen atoms in total. The van der Waals surface area contributed by atoms with Crippen LogP contribution in [-0.2, 0) is 18.1 Å². The fourth-order valence-electron chi connectivity index (χ4n) is 2.52. The number of halogens is 3. The number of hydrogen-bond acceptors (Lipinski definition) is 4. The Hall–Kier alpha value is -3.07. The number of rotatable bonds is 7. The molecule has 7 heteroatoms. The van der Waals surface area contributed by atoms with E-state index in [1.807, 2.05) is 6.07 Å². The van der Waals surface area contributed by atoms with Crippen molar-refractivity contribution in [2.24, 2.45) is 5.16 Å². The van der Waals surface area contributed by atoms with Crippen molar-refractivity contribution < 1.29 is 14.0 Å². The molecule has 0 radical (unpaired) electrons. The third-order valence-corrected chi connectivity index (χ3v) is 4.55. The van der Waals surface area contributed by atoms with Crippen LogP contribution in [0.2, 0.25) is 10.0 Å². The van der Waals surface area contributed by atoms with E-state index in [-0.39, 0.29) is 34.8 Å². The summed E-state index contributed by atoms with van der Waals surface area (Å²) in [7, 11) is 0. The smallest absolute Gasteiger partial charge is 0.157 e. The highest BCUT2D eigenvalue weighted by atomic mass is 35.5. The zero-order valence-corrected chi connectivity index (χ0v) is 16.6. The van der Waals surface area contributed by atoms with Crippen LogP contribution in [0, 0.1) is 17.1 Å². The highest BCUT2D eigenvalue weighted by molar-refractivity contribution is 6.37. The molecular formula is C22H15Cl2FN2O2. The number of ether oxygens (including phenoxy) is 1. The molecule has 146 valence electrons. The molecule has 3 aromatic rings. The first-order valence-corrected chi connectivity index (χ1v) is 9.32. The Balaban J connectivity index is 1.63. The van der Waals surface area contributed by atoms with E-state index in [0.717, 1.165) is 5.56 Å². The largest absolute Gasteiger partial charge is 0.486 e. The Morgan fingerprint density at radius 2 is 1.62 bits per heavy atom. The summed E-state index contributed by atoms with van der Waals surface area (Å²) in [6, 6.07) is 18.7. The van der Waals surface area contributed by atoms with E-state index in [1.165, 1.54) is 12.3 Å². The van der Waals surface area contributed by atoms with Gasteiger partial charge in [0.2, 0.25) is 0 Å². The molecule has 0 aromatic heterocycles. The van der Waals surface area contributed by atoms with Gasteiger partial charge in [0.15, 0.2) is 5.75 Å². The van der Waals surface area contributed by atoms with Crippen LogP contribution in [0.1, 0.15) is 22.3 Å². The fourth-order valence-corrected chi connectivity index (χ4v) is 3.13. The van der Waals surface area contributed by atoms with Gasteiger partial charge in [-0.3, -0.25) is 0 Å². The highest BCUT2D eigenvalue weighted by Gasteiger charge is 2.11. The topological polar surface area (TPSA) is 54.6 Å². The molecule has 0 spiro atoms. The van der Waals surface area contributed by atoms with Gasteiger partial charge in [-0.05, 0) is 29.8 Å². The van der Waals surface area contributed by atoms with Crippen molar-refractivity contribution in [2.75, 3.05) is 0 Å². The normalized spacial score (nSPS) is 10.7. The van der Waals surface area contributed by atoms with Gasteiger partial charge in [0.1, 0.15) is 19.0 Å². The molecule has 0 aliphatic carbocycles. The van der Waals surface area contributed by atoms with E-state index < -0.39 is 0 Å². The molecule has 3 rings (SSSR count). The first kappa shape index (κ1) is 20.7. The van der Waals surface area contributed by atoms with Gasteiger partial charge in [-0.15, -0.1) is 0 Å². The average molecular weight is 429 g/mol. The number of benzene rings is 3. The summed E-state index contributed by atoms with van der Waals surface area (Å²) >= 11 is 12.5. The quantitative estimate of drug-likeness (QED) is 0.335. The van der Waals surface area contributed by atoms with Crippen LogP contribution < -0.4 is 4.74 Å². The van der Waals surface area contributed by atoms with Crippen molar-refractivity contribution in [2.45, 2.75) is 13.2 Å². The van der Waals surface area contributed by atoms with Crippen LogP contribution >= 0.6 is 23.2 Å². The SMILES string of the molecule is N#Cc1ccccc1CO/N=C\c1cc(Cl)c(OCc2ccccc2F)c(Cl)c1. The van der Waals surface area contributed by atoms with E-state index in [9.17, 15) is 4.39 Å². The number of hydrogen-bond donors (Lipinski definition) is 0. The van der Waals surface area contributed by atoms with Gasteiger partial charge in [0.05, 0.1) is 27.9 Å². The van der Waals surface area contributed by atoms with Gasteiger partial charge in [-0.1, -0.05) is 64.8 Å². The molecule has 0 unspecified atom stereocenters. The minimum absolute atomic E-state index is 0.000954. The monoisotopic (exact) mass is 428 g/mol. The first-order chi connectivity index (χ1) is 14.1. The van der Waals surface area contributed by atoms with Crippen molar-refractivity contribution in [1.82, 2.24) is 0 Å². The minimum atomic E-state index is -0.362. The fraction of sp³-hybridized carbons (Fsp3) is 0.0909. The number of oxime groups is 1. The maximum Gasteiger partial charge on any atom is 0.157 e. The van der Waals surface area contributed by atoms with E-state index >= 15 is 0 Å². The summed E-state index contributed by atoms with van der Waals surface area (Å²) in [4.78, 5) is 5.25. The van der Waals surface area contributed by atoms with Crippen LogP contribution in [0.5, 0.6) is 5.75 Å². The van der Waals surface area contributed by atoms with Crippen LogP contribution in [0.25, 0.3) is 0 Å². The summed E-state index contributed by atoms with van der Waals surface area (Å²) in [5.41, 5.74) is 2.27. The number of nitriles is 1. The third kappa shape index (κ3) is 5.47. The van der Waals surface area contributed by atoms with E-state index in [0.29, 0.717) is 16.7 Å². The van der Waals surface area contributed by atoms with Gasteiger partial charge >= 0.3 is 0 Å². The average Bonchev–Trinajstić information content (AvgIpc) is 2.72. The lowest BCUT2D eigenvalue weighted by Crippen LogP contribution is -2.00. The molecule has 0 saturated heterocycles. The Bertz CT molecular complexity index is 1060. The second-order valence-corrected chi connectivity index (χ2v) is 6.79. The van der Waals surface area contributed by atoms with Crippen molar-refractivity contribution in [3.05, 3.63) is 98.8 Å². The van der Waals surface area contributed by atoms with Crippen LogP contribution in [0.3, 0.4) is 0 Å². The number of nitrogens with zero attached hydrogens (tertiary/aromatic N) is 2. The lowest BCUT2D eigenvalue weighted by molar-refractivity contribution is 0.132. The Labute approximate surface area is 177 Å². The van der Waals surface area contributed by atoms with E-state index in [4.69, 9.17) is 38.0 Å². The molecule has 0 saturated carbocycles. The van der Waals surface area contributed by atoms with Crippen molar-refractivity contribution in [3.63, 3.8) is 0 Å². The first-order valence-electron chi connectivity index (χ1n) is 8.57. The molecule has 0 fully saturated rings. The summed E-state index contributed by atoms with van der Waals surface area (Å²) in [5, 5.41) is 13.5. The van der Waals surface area contributed by atoms with Gasteiger partial charge in [0, 0.05) is 11.1 Å². The summed E-state index contributed by atoms with van der Waals surface area (Å²) in [6.45, 7) is 0.159. The van der Waals surface area contributed by atoms with E-state index in [1.54, 1.807) is 48.5 Å². The molecule has 29 heavy (non-hydrogen) atoms. The molecular weight excluding hydrogens is 414 g/mol. The summed E-state index contributed by atoms with van der Waals surface area (Å²) in [5.74, 6) is -0.101. The molecule has 0 amide bonds. The van der Waals surface area contributed by atoms with Crippen LogP contribution in [0.4, 0.5) is 4.39 Å².